The van der Waals surface area contributed by atoms with Crippen LogP contribution in [-0.2, 0) is 0 Å². The zero-order valence-corrected chi connectivity index (χ0v) is 9.12. The Bertz CT molecular complexity index is 340. The van der Waals surface area contributed by atoms with Gasteiger partial charge in [0.2, 0.25) is 0 Å². The summed E-state index contributed by atoms with van der Waals surface area (Å²) in [6.45, 7) is 0. The van der Waals surface area contributed by atoms with Crippen molar-refractivity contribution in [2.75, 3.05) is 0 Å². The van der Waals surface area contributed by atoms with Gasteiger partial charge in [-0.1, -0.05) is 12.1 Å². The summed E-state index contributed by atoms with van der Waals surface area (Å²) < 4.78 is 12.4. The molecule has 13 heavy (non-hydrogen) atoms. The Labute approximate surface area is 97.6 Å². The van der Waals surface area contributed by atoms with E-state index in [1.807, 2.05) is 0 Å². The van der Waals surface area contributed by atoms with Gasteiger partial charge in [-0.3, -0.25) is 0 Å². The molecule has 0 bridgehead atoms. The SMILES string of the molecule is N#C/C(=C/[O-])c1ccc(F)cc1.[Na+]. The van der Waals surface area contributed by atoms with Gasteiger partial charge in [-0.05, 0) is 17.7 Å². The van der Waals surface area contributed by atoms with Gasteiger partial charge >= 0.3 is 29.6 Å². The molecule has 1 aromatic rings. The second-order valence-electron chi connectivity index (χ2n) is 2.15. The third-order valence-electron chi connectivity index (χ3n) is 1.39. The summed E-state index contributed by atoms with van der Waals surface area (Å²) in [5.41, 5.74) is 0.448. The molecular weight excluding hydrogens is 180 g/mol. The molecule has 60 valence electrons. The molecule has 0 aliphatic rings. The number of hydrogen-bond donors (Lipinski definition) is 0. The van der Waals surface area contributed by atoms with Gasteiger partial charge in [0.1, 0.15) is 5.82 Å². The summed E-state index contributed by atoms with van der Waals surface area (Å²) in [6.07, 6.45) is 0.452. The number of rotatable bonds is 1. The van der Waals surface area contributed by atoms with Gasteiger partial charge in [-0.25, -0.2) is 4.39 Å². The minimum absolute atomic E-state index is 0. The fraction of sp³-hybridized carbons (Fsp3) is 0. The average molecular weight is 185 g/mol. The molecule has 0 unspecified atom stereocenters. The fourth-order valence-electron chi connectivity index (χ4n) is 0.788. The van der Waals surface area contributed by atoms with E-state index in [1.165, 1.54) is 24.3 Å². The molecule has 2 nitrogen and oxygen atoms in total. The number of halogens is 1. The van der Waals surface area contributed by atoms with Crippen LogP contribution in [-0.4, -0.2) is 0 Å². The molecule has 0 atom stereocenters. The van der Waals surface area contributed by atoms with Crippen LogP contribution in [0.1, 0.15) is 5.56 Å². The summed E-state index contributed by atoms with van der Waals surface area (Å²) >= 11 is 0. The standard InChI is InChI=1S/C9H6FNO.Na/c10-9-3-1-7(2-4-9)8(5-11)6-12;/h1-4,6,12H;/q;+1/p-1/b8-6-;. The van der Waals surface area contributed by atoms with E-state index in [0.717, 1.165) is 0 Å². The number of allylic oxidation sites excluding steroid dienone is 1. The van der Waals surface area contributed by atoms with Crippen molar-refractivity contribution in [2.24, 2.45) is 0 Å². The minimum Gasteiger partial charge on any atom is -0.877 e. The van der Waals surface area contributed by atoms with E-state index in [9.17, 15) is 9.50 Å². The topological polar surface area (TPSA) is 46.8 Å². The van der Waals surface area contributed by atoms with E-state index in [1.54, 1.807) is 6.07 Å². The van der Waals surface area contributed by atoms with Crippen LogP contribution in [0.15, 0.2) is 30.5 Å². The quantitative estimate of drug-likeness (QED) is 0.290. The summed E-state index contributed by atoms with van der Waals surface area (Å²) in [4.78, 5) is 0. The molecule has 1 aromatic carbocycles. The van der Waals surface area contributed by atoms with Gasteiger partial charge < -0.3 is 5.11 Å². The van der Waals surface area contributed by atoms with E-state index in [-0.39, 0.29) is 40.9 Å². The van der Waals surface area contributed by atoms with Crippen LogP contribution >= 0.6 is 0 Å². The van der Waals surface area contributed by atoms with Crippen LogP contribution in [0.3, 0.4) is 0 Å². The van der Waals surface area contributed by atoms with Crippen molar-refractivity contribution in [3.8, 4) is 6.07 Å². The molecule has 0 aliphatic carbocycles. The Morgan fingerprint density at radius 1 is 1.38 bits per heavy atom. The van der Waals surface area contributed by atoms with E-state index < -0.39 is 0 Å². The number of nitrogens with zero attached hydrogens (tertiary/aromatic N) is 1. The molecule has 0 aliphatic heterocycles. The Hall–Kier alpha value is -0.820. The van der Waals surface area contributed by atoms with Crippen molar-refractivity contribution in [3.63, 3.8) is 0 Å². The molecule has 0 saturated carbocycles. The summed E-state index contributed by atoms with van der Waals surface area (Å²) in [5.74, 6) is -0.387. The molecule has 0 radical (unpaired) electrons. The van der Waals surface area contributed by atoms with Crippen molar-refractivity contribution >= 4 is 5.57 Å². The molecule has 1 rings (SSSR count). The molecule has 4 heteroatoms. The minimum atomic E-state index is -0.387. The number of benzene rings is 1. The van der Waals surface area contributed by atoms with Crippen LogP contribution in [0.4, 0.5) is 4.39 Å². The van der Waals surface area contributed by atoms with Crippen LogP contribution < -0.4 is 34.7 Å². The second kappa shape index (κ2) is 5.76. The molecule has 0 saturated heterocycles. The first-order chi connectivity index (χ1) is 5.77. The molecule has 0 fully saturated rings. The van der Waals surface area contributed by atoms with Gasteiger partial charge in [0.05, 0.1) is 6.07 Å². The van der Waals surface area contributed by atoms with Crippen LogP contribution in [0, 0.1) is 17.1 Å². The molecule has 0 amide bonds. The maximum Gasteiger partial charge on any atom is 1.00 e. The molecule has 0 heterocycles. The molecule has 0 spiro atoms. The second-order valence-corrected chi connectivity index (χ2v) is 2.15. The predicted octanol–water partition coefficient (Wildman–Crippen LogP) is -1.95. The van der Waals surface area contributed by atoms with E-state index in [4.69, 9.17) is 5.26 Å². The van der Waals surface area contributed by atoms with Gasteiger partial charge in [0.25, 0.3) is 0 Å². The summed E-state index contributed by atoms with van der Waals surface area (Å²) in [5, 5.41) is 18.7. The van der Waals surface area contributed by atoms with E-state index in [2.05, 4.69) is 0 Å². The Morgan fingerprint density at radius 2 is 1.92 bits per heavy atom. The Kier molecular flexibility index (Phi) is 5.40. The van der Waals surface area contributed by atoms with Gasteiger partial charge in [-0.15, -0.1) is 6.26 Å². The van der Waals surface area contributed by atoms with Crippen LogP contribution in [0.25, 0.3) is 5.57 Å². The van der Waals surface area contributed by atoms with E-state index >= 15 is 0 Å². The number of nitriles is 1. The van der Waals surface area contributed by atoms with Crippen molar-refractivity contribution in [1.29, 1.82) is 5.26 Å². The van der Waals surface area contributed by atoms with Gasteiger partial charge in [-0.2, -0.15) is 5.26 Å². The molecule has 0 aromatic heterocycles. The van der Waals surface area contributed by atoms with Crippen molar-refractivity contribution in [2.45, 2.75) is 0 Å². The van der Waals surface area contributed by atoms with Gasteiger partial charge in [0, 0.05) is 5.57 Å². The summed E-state index contributed by atoms with van der Waals surface area (Å²) in [6, 6.07) is 6.91. The maximum absolute atomic E-state index is 12.4. The monoisotopic (exact) mass is 185 g/mol. The third-order valence-corrected chi connectivity index (χ3v) is 1.39. The largest absolute Gasteiger partial charge is 1.00 e. The first-order valence-corrected chi connectivity index (χ1v) is 3.26. The van der Waals surface area contributed by atoms with Crippen molar-refractivity contribution in [3.05, 3.63) is 41.9 Å². The average Bonchev–Trinajstić information content (AvgIpc) is 2.10. The fourth-order valence-corrected chi connectivity index (χ4v) is 0.788. The number of hydrogen-bond acceptors (Lipinski definition) is 2. The zero-order chi connectivity index (χ0) is 8.97. The third kappa shape index (κ3) is 3.19. The molecule has 0 N–H and O–H groups in total. The normalized spacial score (nSPS) is 10.0. The first-order valence-electron chi connectivity index (χ1n) is 3.26. The predicted molar refractivity (Wildman–Crippen MR) is 40.0 cm³/mol. The van der Waals surface area contributed by atoms with Crippen molar-refractivity contribution in [1.82, 2.24) is 0 Å². The maximum atomic E-state index is 12.4. The van der Waals surface area contributed by atoms with Crippen molar-refractivity contribution < 1.29 is 39.1 Å². The Balaban J connectivity index is 0.00000144. The zero-order valence-electron chi connectivity index (χ0n) is 7.12. The molecular formula is C9H5FNNaO. The smallest absolute Gasteiger partial charge is 0.877 e. The Morgan fingerprint density at radius 3 is 2.31 bits per heavy atom. The first kappa shape index (κ1) is 12.2. The van der Waals surface area contributed by atoms with Crippen LogP contribution in [0.5, 0.6) is 0 Å². The van der Waals surface area contributed by atoms with Crippen LogP contribution in [0.2, 0.25) is 0 Å². The van der Waals surface area contributed by atoms with E-state index in [0.29, 0.717) is 11.8 Å². The van der Waals surface area contributed by atoms with Gasteiger partial charge in [0.15, 0.2) is 0 Å². The summed E-state index contributed by atoms with van der Waals surface area (Å²) in [7, 11) is 0.